The van der Waals surface area contributed by atoms with E-state index in [1.54, 1.807) is 4.90 Å². The summed E-state index contributed by atoms with van der Waals surface area (Å²) in [7, 11) is 0. The van der Waals surface area contributed by atoms with E-state index in [1.165, 1.54) is 0 Å². The summed E-state index contributed by atoms with van der Waals surface area (Å²) in [5.74, 6) is -0.275. The van der Waals surface area contributed by atoms with E-state index in [1.807, 2.05) is 0 Å². The fourth-order valence-electron chi connectivity index (χ4n) is 0.960. The molecule has 0 aromatic rings. The van der Waals surface area contributed by atoms with E-state index < -0.39 is 0 Å². The van der Waals surface area contributed by atoms with Gasteiger partial charge in [0.25, 0.3) is 0 Å². The molecule has 0 spiro atoms. The lowest BCUT2D eigenvalue weighted by molar-refractivity contribution is 0.325. The third-order valence-electron chi connectivity index (χ3n) is 1.45. The number of halogens is 2. The third kappa shape index (κ3) is 2.00. The van der Waals surface area contributed by atoms with Gasteiger partial charge in [-0.1, -0.05) is 0 Å². The molecule has 1 saturated heterocycles. The molecular weight excluding hydrogens is 124 g/mol. The Labute approximate surface area is 53.5 Å². The van der Waals surface area contributed by atoms with Crippen molar-refractivity contribution >= 4 is 0 Å². The molecule has 1 nitrogen and oxygen atoms in total. The van der Waals surface area contributed by atoms with Crippen LogP contribution in [0.3, 0.4) is 0 Å². The van der Waals surface area contributed by atoms with Crippen LogP contribution in [0.25, 0.3) is 0 Å². The lowest BCUT2D eigenvalue weighted by atomic mass is 10.4. The van der Waals surface area contributed by atoms with Gasteiger partial charge in [0.1, 0.15) is 0 Å². The summed E-state index contributed by atoms with van der Waals surface area (Å²) in [5, 5.41) is 0. The summed E-state index contributed by atoms with van der Waals surface area (Å²) < 4.78 is 12.1. The second-order valence-corrected chi connectivity index (χ2v) is 2.07. The highest BCUT2D eigenvalue weighted by Crippen LogP contribution is 2.12. The van der Waals surface area contributed by atoms with Crippen molar-refractivity contribution in [1.82, 2.24) is 4.90 Å². The van der Waals surface area contributed by atoms with Gasteiger partial charge in [-0.05, 0) is 19.4 Å². The van der Waals surface area contributed by atoms with Crippen LogP contribution < -0.4 is 0 Å². The molecule has 0 amide bonds. The zero-order valence-corrected chi connectivity index (χ0v) is 5.27. The van der Waals surface area contributed by atoms with Crippen LogP contribution in [0.1, 0.15) is 12.8 Å². The summed E-state index contributed by atoms with van der Waals surface area (Å²) in [6.07, 6.45) is 2.23. The van der Waals surface area contributed by atoms with Gasteiger partial charge in [0, 0.05) is 13.1 Å². The highest BCUT2D eigenvalue weighted by molar-refractivity contribution is 4.84. The predicted molar refractivity (Wildman–Crippen MR) is 33.6 cm³/mol. The minimum absolute atomic E-state index is 0. The molecule has 0 bridgehead atoms. The van der Waals surface area contributed by atoms with Crippen molar-refractivity contribution in [3.63, 3.8) is 0 Å². The van der Waals surface area contributed by atoms with Gasteiger partial charge in [0.05, 0.1) is 0 Å². The zero-order chi connectivity index (χ0) is 5.98. The molecule has 1 aliphatic rings. The van der Waals surface area contributed by atoms with Crippen LogP contribution in [0.5, 0.6) is 0 Å². The minimum atomic E-state index is -0.275. The number of nitrogens with zero attached hydrogens (tertiary/aromatic N) is 1. The van der Waals surface area contributed by atoms with E-state index in [2.05, 4.69) is 6.58 Å². The van der Waals surface area contributed by atoms with E-state index in [0.717, 1.165) is 25.9 Å². The quantitative estimate of drug-likeness (QED) is 0.494. The van der Waals surface area contributed by atoms with Gasteiger partial charge in [0.15, 0.2) is 5.95 Å². The fourth-order valence-corrected chi connectivity index (χ4v) is 0.960. The lowest BCUT2D eigenvalue weighted by Crippen LogP contribution is -2.14. The number of hydrogen-bond donors (Lipinski definition) is 0. The molecule has 1 heterocycles. The van der Waals surface area contributed by atoms with Gasteiger partial charge in [0.2, 0.25) is 0 Å². The normalized spacial score (nSPS) is 17.2. The molecule has 0 saturated carbocycles. The Bertz CT molecular complexity index is 97.2. The van der Waals surface area contributed by atoms with Crippen LogP contribution in [0, 0.1) is 0 Å². The van der Waals surface area contributed by atoms with Crippen LogP contribution in [0.2, 0.25) is 0 Å². The maximum Gasteiger partial charge on any atom is 0.182 e. The monoisotopic (exact) mass is 135 g/mol. The molecular formula is C6H11F2N. The molecule has 1 rings (SSSR count). The Morgan fingerprint density at radius 3 is 2.00 bits per heavy atom. The molecule has 0 radical (unpaired) electrons. The van der Waals surface area contributed by atoms with Crippen molar-refractivity contribution in [2.75, 3.05) is 13.1 Å². The second kappa shape index (κ2) is 3.43. The van der Waals surface area contributed by atoms with Gasteiger partial charge >= 0.3 is 0 Å². The molecule has 1 fully saturated rings. The maximum absolute atomic E-state index is 12.1. The minimum Gasteiger partial charge on any atom is -0.349 e. The Balaban J connectivity index is 0.000000640. The average Bonchev–Trinajstić information content (AvgIpc) is 2.12. The standard InChI is InChI=1S/C6H10FN.FH/c1-6(7)8-4-2-3-5-8;/h1-5H2;1H. The molecule has 3 heteroatoms. The molecule has 0 atom stereocenters. The largest absolute Gasteiger partial charge is 0.349 e. The van der Waals surface area contributed by atoms with Gasteiger partial charge < -0.3 is 4.90 Å². The average molecular weight is 135 g/mol. The Hall–Kier alpha value is -0.600. The zero-order valence-electron chi connectivity index (χ0n) is 5.27. The molecule has 9 heavy (non-hydrogen) atoms. The summed E-state index contributed by atoms with van der Waals surface area (Å²) >= 11 is 0. The first kappa shape index (κ1) is 8.40. The third-order valence-corrected chi connectivity index (χ3v) is 1.45. The van der Waals surface area contributed by atoms with Gasteiger partial charge in [-0.15, -0.1) is 0 Å². The van der Waals surface area contributed by atoms with E-state index in [-0.39, 0.29) is 10.7 Å². The highest BCUT2D eigenvalue weighted by atomic mass is 19.1. The van der Waals surface area contributed by atoms with Crippen LogP contribution >= 0.6 is 0 Å². The van der Waals surface area contributed by atoms with Crippen LogP contribution in [-0.2, 0) is 0 Å². The van der Waals surface area contributed by atoms with E-state index in [4.69, 9.17) is 0 Å². The first-order valence-electron chi connectivity index (χ1n) is 2.90. The molecule has 54 valence electrons. The SMILES string of the molecule is C=C(F)N1CCCC1.F. The highest BCUT2D eigenvalue weighted by Gasteiger charge is 2.11. The van der Waals surface area contributed by atoms with Gasteiger partial charge in [-0.2, -0.15) is 4.39 Å². The van der Waals surface area contributed by atoms with Crippen LogP contribution in [0.4, 0.5) is 9.09 Å². The maximum atomic E-state index is 12.1. The first-order valence-corrected chi connectivity index (χ1v) is 2.90. The van der Waals surface area contributed by atoms with Crippen molar-refractivity contribution in [1.29, 1.82) is 0 Å². The van der Waals surface area contributed by atoms with E-state index >= 15 is 0 Å². The number of rotatable bonds is 1. The van der Waals surface area contributed by atoms with Crippen molar-refractivity contribution in [3.05, 3.63) is 12.5 Å². The van der Waals surface area contributed by atoms with E-state index in [0.29, 0.717) is 0 Å². The molecule has 0 aromatic heterocycles. The first-order chi connectivity index (χ1) is 3.80. The summed E-state index contributed by atoms with van der Waals surface area (Å²) in [6, 6.07) is 0. The second-order valence-electron chi connectivity index (χ2n) is 2.07. The Morgan fingerprint density at radius 2 is 1.78 bits per heavy atom. The smallest absolute Gasteiger partial charge is 0.182 e. The van der Waals surface area contributed by atoms with Crippen LogP contribution in [-0.4, -0.2) is 18.0 Å². The predicted octanol–water partition coefficient (Wildman–Crippen LogP) is 1.68. The molecule has 0 N–H and O–H groups in total. The molecule has 0 aromatic carbocycles. The number of hydrogen-bond acceptors (Lipinski definition) is 1. The Kier molecular flexibility index (Phi) is 3.20. The van der Waals surface area contributed by atoms with Crippen molar-refractivity contribution in [3.8, 4) is 0 Å². The van der Waals surface area contributed by atoms with Crippen LogP contribution in [0.15, 0.2) is 12.5 Å². The summed E-state index contributed by atoms with van der Waals surface area (Å²) in [4.78, 5) is 1.67. The topological polar surface area (TPSA) is 3.24 Å². The van der Waals surface area contributed by atoms with E-state index in [9.17, 15) is 4.39 Å². The summed E-state index contributed by atoms with van der Waals surface area (Å²) in [6.45, 7) is 4.91. The van der Waals surface area contributed by atoms with Gasteiger partial charge in [-0.25, -0.2) is 0 Å². The molecule has 1 aliphatic heterocycles. The van der Waals surface area contributed by atoms with Crippen molar-refractivity contribution in [2.45, 2.75) is 12.8 Å². The number of likely N-dealkylation sites (tertiary alicyclic amines) is 1. The molecule has 0 aliphatic carbocycles. The lowest BCUT2D eigenvalue weighted by Gasteiger charge is -2.11. The van der Waals surface area contributed by atoms with Crippen molar-refractivity contribution in [2.24, 2.45) is 0 Å². The molecule has 0 unspecified atom stereocenters. The summed E-state index contributed by atoms with van der Waals surface area (Å²) in [5.41, 5.74) is 0. The Morgan fingerprint density at radius 1 is 1.33 bits per heavy atom. The van der Waals surface area contributed by atoms with Crippen molar-refractivity contribution < 1.29 is 9.09 Å². The van der Waals surface area contributed by atoms with Gasteiger partial charge in [-0.3, -0.25) is 4.70 Å². The fraction of sp³-hybridized carbons (Fsp3) is 0.667.